The topological polar surface area (TPSA) is 70.1 Å². The molecule has 0 N–H and O–H groups in total. The maximum Gasteiger partial charge on any atom is 0.274 e. The van der Waals surface area contributed by atoms with Crippen LogP contribution in [-0.2, 0) is 6.42 Å². The van der Waals surface area contributed by atoms with Crippen LogP contribution in [-0.4, -0.2) is 28.4 Å². The molecule has 0 bridgehead atoms. The number of hydrogen-bond acceptors (Lipinski definition) is 5. The number of nitrogens with zero attached hydrogens (tertiary/aromatic N) is 3. The van der Waals surface area contributed by atoms with Crippen LogP contribution in [0.4, 0.5) is 4.39 Å². The Kier molecular flexibility index (Phi) is 5.69. The molecule has 1 fully saturated rings. The van der Waals surface area contributed by atoms with Crippen LogP contribution in [0.25, 0.3) is 21.4 Å². The van der Waals surface area contributed by atoms with Crippen molar-refractivity contribution in [3.63, 3.8) is 0 Å². The third kappa shape index (κ3) is 4.27. The second-order valence-corrected chi connectivity index (χ2v) is 9.55. The molecule has 0 saturated carbocycles. The van der Waals surface area contributed by atoms with E-state index in [1.807, 2.05) is 30.0 Å². The number of nitriles is 1. The van der Waals surface area contributed by atoms with Crippen molar-refractivity contribution in [1.82, 2.24) is 9.88 Å². The number of piperidine rings is 1. The van der Waals surface area contributed by atoms with E-state index in [0.29, 0.717) is 24.2 Å². The van der Waals surface area contributed by atoms with Gasteiger partial charge in [-0.25, -0.2) is 9.37 Å². The van der Waals surface area contributed by atoms with Crippen molar-refractivity contribution >= 4 is 28.2 Å². The van der Waals surface area contributed by atoms with Crippen LogP contribution in [0.1, 0.15) is 46.1 Å². The van der Waals surface area contributed by atoms with Crippen molar-refractivity contribution in [2.75, 3.05) is 6.54 Å². The van der Waals surface area contributed by atoms with Crippen molar-refractivity contribution < 1.29 is 13.6 Å². The number of carbonyl (C=O) groups is 1. The molecule has 166 valence electrons. The summed E-state index contributed by atoms with van der Waals surface area (Å²) in [6.45, 7) is 2.55. The highest BCUT2D eigenvalue weighted by molar-refractivity contribution is 7.15. The number of halogens is 1. The van der Waals surface area contributed by atoms with Crippen molar-refractivity contribution in [1.29, 1.82) is 5.26 Å². The summed E-state index contributed by atoms with van der Waals surface area (Å²) in [4.78, 5) is 20.9. The van der Waals surface area contributed by atoms with Crippen molar-refractivity contribution in [3.05, 3.63) is 76.4 Å². The van der Waals surface area contributed by atoms with Crippen molar-refractivity contribution in [2.45, 2.75) is 38.6 Å². The number of benzene rings is 2. The standard InChI is InChI=1S/C26H22FN3O2S/c1-16-29-24(25(33-16)18-6-8-20(27)9-7-18)26(31)30-11-3-2-4-21(30)14-22-13-19-12-17(15-28)5-10-23(19)32-22/h5-10,12-13,21H,2-4,11,14H2,1H3. The number of hydrogen-bond donors (Lipinski definition) is 0. The van der Waals surface area contributed by atoms with E-state index in [4.69, 9.17) is 9.68 Å². The Bertz CT molecular complexity index is 1370. The van der Waals surface area contributed by atoms with Crippen LogP contribution < -0.4 is 0 Å². The molecular weight excluding hydrogens is 437 g/mol. The monoisotopic (exact) mass is 459 g/mol. The summed E-state index contributed by atoms with van der Waals surface area (Å²) in [7, 11) is 0. The molecule has 2 aromatic carbocycles. The first kappa shape index (κ1) is 21.4. The summed E-state index contributed by atoms with van der Waals surface area (Å²) in [5.41, 5.74) is 2.56. The lowest BCUT2D eigenvalue weighted by Gasteiger charge is -2.35. The van der Waals surface area contributed by atoms with Crippen molar-refractivity contribution in [2.24, 2.45) is 0 Å². The van der Waals surface area contributed by atoms with Gasteiger partial charge in [0.05, 0.1) is 21.5 Å². The predicted octanol–water partition coefficient (Wildman–Crippen LogP) is 6.11. The number of likely N-dealkylation sites (tertiary alicyclic amines) is 1. The number of aromatic nitrogens is 1. The number of thiazole rings is 1. The number of aryl methyl sites for hydroxylation is 1. The predicted molar refractivity (Wildman–Crippen MR) is 126 cm³/mol. The van der Waals surface area contributed by atoms with Crippen LogP contribution in [0.5, 0.6) is 0 Å². The highest BCUT2D eigenvalue weighted by Gasteiger charge is 2.31. The van der Waals surface area contributed by atoms with Crippen molar-refractivity contribution in [3.8, 4) is 16.5 Å². The fourth-order valence-electron chi connectivity index (χ4n) is 4.49. The second-order valence-electron chi connectivity index (χ2n) is 8.35. The Morgan fingerprint density at radius 2 is 2.06 bits per heavy atom. The zero-order chi connectivity index (χ0) is 22.9. The average molecular weight is 460 g/mol. The minimum Gasteiger partial charge on any atom is -0.461 e. The first-order chi connectivity index (χ1) is 16.0. The van der Waals surface area contributed by atoms with E-state index < -0.39 is 0 Å². The molecule has 1 aliphatic rings. The second kappa shape index (κ2) is 8.80. The number of fused-ring (bicyclic) bond motifs is 1. The van der Waals surface area contributed by atoms with E-state index >= 15 is 0 Å². The number of furan rings is 1. The molecule has 4 aromatic rings. The maximum atomic E-state index is 13.7. The van der Waals surface area contributed by atoms with E-state index in [1.54, 1.807) is 18.2 Å². The van der Waals surface area contributed by atoms with E-state index in [0.717, 1.165) is 51.4 Å². The van der Waals surface area contributed by atoms with Gasteiger partial charge >= 0.3 is 0 Å². The number of carbonyl (C=O) groups excluding carboxylic acids is 1. The van der Waals surface area contributed by atoms with Gasteiger partial charge in [-0.1, -0.05) is 12.1 Å². The average Bonchev–Trinajstić information content (AvgIpc) is 3.41. The SMILES string of the molecule is Cc1nc(C(=O)N2CCCCC2Cc2cc3cc(C#N)ccc3o2)c(-c2ccc(F)cc2)s1. The van der Waals surface area contributed by atoms with Crippen LogP contribution in [0.2, 0.25) is 0 Å². The van der Waals surface area contributed by atoms with Gasteiger partial charge in [-0.05, 0) is 68.1 Å². The smallest absolute Gasteiger partial charge is 0.274 e. The molecule has 0 spiro atoms. The van der Waals surface area contributed by atoms with E-state index in [2.05, 4.69) is 11.1 Å². The Hall–Kier alpha value is -3.50. The highest BCUT2D eigenvalue weighted by Crippen LogP contribution is 2.33. The molecule has 3 heterocycles. The Balaban J connectivity index is 1.43. The molecule has 0 aliphatic carbocycles. The largest absolute Gasteiger partial charge is 0.461 e. The molecule has 33 heavy (non-hydrogen) atoms. The molecule has 1 amide bonds. The van der Waals surface area contributed by atoms with Gasteiger partial charge in [-0.15, -0.1) is 11.3 Å². The fourth-order valence-corrected chi connectivity index (χ4v) is 5.40. The summed E-state index contributed by atoms with van der Waals surface area (Å²) in [6.07, 6.45) is 3.50. The minimum absolute atomic E-state index is 0.00493. The molecule has 1 aliphatic heterocycles. The third-order valence-corrected chi connectivity index (χ3v) is 7.08. The molecule has 1 atom stereocenters. The van der Waals surface area contributed by atoms with Crippen LogP contribution in [0, 0.1) is 24.1 Å². The Morgan fingerprint density at radius 1 is 1.24 bits per heavy atom. The van der Waals surface area contributed by atoms with E-state index in [1.165, 1.54) is 23.5 Å². The molecule has 1 saturated heterocycles. The van der Waals surface area contributed by atoms with Gasteiger partial charge in [-0.3, -0.25) is 4.79 Å². The molecular formula is C26H22FN3O2S. The molecule has 5 rings (SSSR count). The summed E-state index contributed by atoms with van der Waals surface area (Å²) >= 11 is 1.45. The van der Waals surface area contributed by atoms with Gasteiger partial charge in [-0.2, -0.15) is 5.26 Å². The normalized spacial score (nSPS) is 16.2. The zero-order valence-electron chi connectivity index (χ0n) is 18.2. The Labute approximate surface area is 195 Å². The van der Waals surface area contributed by atoms with Crippen LogP contribution in [0.15, 0.2) is 52.9 Å². The number of rotatable bonds is 4. The number of amides is 1. The summed E-state index contributed by atoms with van der Waals surface area (Å²) in [6, 6.07) is 15.7. The summed E-state index contributed by atoms with van der Waals surface area (Å²) in [5.74, 6) is 0.404. The molecule has 5 nitrogen and oxygen atoms in total. The van der Waals surface area contributed by atoms with Gasteiger partial charge in [0, 0.05) is 24.4 Å². The summed E-state index contributed by atoms with van der Waals surface area (Å²) < 4.78 is 19.4. The minimum atomic E-state index is -0.309. The third-order valence-electron chi connectivity index (χ3n) is 6.06. The highest BCUT2D eigenvalue weighted by atomic mass is 32.1. The summed E-state index contributed by atoms with van der Waals surface area (Å²) in [5, 5.41) is 10.8. The fraction of sp³-hybridized carbons (Fsp3) is 0.269. The maximum absolute atomic E-state index is 13.7. The lowest BCUT2D eigenvalue weighted by molar-refractivity contribution is 0.0603. The van der Waals surface area contributed by atoms with Crippen LogP contribution in [0.3, 0.4) is 0 Å². The quantitative estimate of drug-likeness (QED) is 0.369. The van der Waals surface area contributed by atoms with Gasteiger partial charge < -0.3 is 9.32 Å². The molecule has 7 heteroatoms. The van der Waals surface area contributed by atoms with Gasteiger partial charge in [0.15, 0.2) is 0 Å². The van der Waals surface area contributed by atoms with Gasteiger partial charge in [0.25, 0.3) is 5.91 Å². The lowest BCUT2D eigenvalue weighted by atomic mass is 9.97. The molecule has 2 aromatic heterocycles. The molecule has 1 unspecified atom stereocenters. The Morgan fingerprint density at radius 3 is 2.85 bits per heavy atom. The first-order valence-corrected chi connectivity index (χ1v) is 11.8. The zero-order valence-corrected chi connectivity index (χ0v) is 19.0. The molecule has 0 radical (unpaired) electrons. The first-order valence-electron chi connectivity index (χ1n) is 11.0. The lowest BCUT2D eigenvalue weighted by Crippen LogP contribution is -2.45. The van der Waals surface area contributed by atoms with E-state index in [-0.39, 0.29) is 17.8 Å². The van der Waals surface area contributed by atoms with Gasteiger partial charge in [0.1, 0.15) is 22.9 Å². The van der Waals surface area contributed by atoms with Crippen LogP contribution >= 0.6 is 11.3 Å². The van der Waals surface area contributed by atoms with E-state index in [9.17, 15) is 9.18 Å². The van der Waals surface area contributed by atoms with Gasteiger partial charge in [0.2, 0.25) is 0 Å².